The first-order valence-corrected chi connectivity index (χ1v) is 6.55. The van der Waals surface area contributed by atoms with Gasteiger partial charge in [-0.25, -0.2) is 4.39 Å². The van der Waals surface area contributed by atoms with Crippen LogP contribution in [-0.2, 0) is 6.54 Å². The third kappa shape index (κ3) is 3.29. The fraction of sp³-hybridized carbons (Fsp3) is 0.600. The van der Waals surface area contributed by atoms with Gasteiger partial charge in [-0.15, -0.1) is 0 Å². The summed E-state index contributed by atoms with van der Waals surface area (Å²) in [5, 5.41) is 3.46. The van der Waals surface area contributed by atoms with Crippen LogP contribution in [0.5, 0.6) is 0 Å². The van der Waals surface area contributed by atoms with Gasteiger partial charge in [-0.3, -0.25) is 0 Å². The zero-order chi connectivity index (χ0) is 12.3. The molecule has 1 fully saturated rings. The van der Waals surface area contributed by atoms with Gasteiger partial charge in [0.1, 0.15) is 5.82 Å². The number of nitrogens with one attached hydrogen (secondary N) is 1. The molecule has 0 unspecified atom stereocenters. The lowest BCUT2D eigenvalue weighted by Crippen LogP contribution is -2.29. The van der Waals surface area contributed by atoms with E-state index in [-0.39, 0.29) is 5.82 Å². The summed E-state index contributed by atoms with van der Waals surface area (Å²) in [6, 6.07) is 5.49. The molecule has 1 aromatic carbocycles. The molecular weight excluding hydrogens is 213 g/mol. The van der Waals surface area contributed by atoms with Crippen molar-refractivity contribution < 1.29 is 4.39 Å². The van der Waals surface area contributed by atoms with Gasteiger partial charge in [0.05, 0.1) is 0 Å². The molecule has 0 saturated heterocycles. The zero-order valence-corrected chi connectivity index (χ0v) is 10.9. The maximum absolute atomic E-state index is 13.4. The van der Waals surface area contributed by atoms with Crippen LogP contribution in [0.1, 0.15) is 43.7 Å². The van der Waals surface area contributed by atoms with Gasteiger partial charge in [0.2, 0.25) is 0 Å². The highest BCUT2D eigenvalue weighted by Crippen LogP contribution is 2.36. The van der Waals surface area contributed by atoms with Gasteiger partial charge in [0.25, 0.3) is 0 Å². The van der Waals surface area contributed by atoms with E-state index in [1.165, 1.54) is 25.7 Å². The molecule has 1 N–H and O–H groups in total. The number of hydrogen-bond donors (Lipinski definition) is 1. The number of aryl methyl sites for hydroxylation is 1. The van der Waals surface area contributed by atoms with Crippen LogP contribution in [-0.4, -0.2) is 6.54 Å². The topological polar surface area (TPSA) is 12.0 Å². The molecule has 0 aromatic heterocycles. The summed E-state index contributed by atoms with van der Waals surface area (Å²) in [4.78, 5) is 0. The Morgan fingerprint density at radius 1 is 1.29 bits per heavy atom. The van der Waals surface area contributed by atoms with Crippen molar-refractivity contribution in [3.63, 3.8) is 0 Å². The summed E-state index contributed by atoms with van der Waals surface area (Å²) < 4.78 is 13.4. The SMILES string of the molecule is Cc1ccc(CNCC2(C)CCCC2)cc1F. The first-order chi connectivity index (χ1) is 8.09. The molecule has 0 atom stereocenters. The predicted octanol–water partition coefficient (Wildman–Crippen LogP) is 3.80. The van der Waals surface area contributed by atoms with Crippen molar-refractivity contribution in [1.29, 1.82) is 0 Å². The van der Waals surface area contributed by atoms with E-state index in [9.17, 15) is 4.39 Å². The molecule has 0 radical (unpaired) electrons. The summed E-state index contributed by atoms with van der Waals surface area (Å²) >= 11 is 0. The molecule has 94 valence electrons. The van der Waals surface area contributed by atoms with Crippen LogP contribution in [0.2, 0.25) is 0 Å². The Hall–Kier alpha value is -0.890. The molecular formula is C15H22FN. The Balaban J connectivity index is 1.83. The van der Waals surface area contributed by atoms with Crippen LogP contribution in [0.3, 0.4) is 0 Å². The van der Waals surface area contributed by atoms with Gasteiger partial charge in [0, 0.05) is 13.1 Å². The van der Waals surface area contributed by atoms with E-state index in [1.54, 1.807) is 13.0 Å². The van der Waals surface area contributed by atoms with E-state index in [1.807, 2.05) is 12.1 Å². The van der Waals surface area contributed by atoms with Crippen molar-refractivity contribution >= 4 is 0 Å². The number of rotatable bonds is 4. The van der Waals surface area contributed by atoms with Crippen LogP contribution in [0, 0.1) is 18.2 Å². The quantitative estimate of drug-likeness (QED) is 0.837. The highest BCUT2D eigenvalue weighted by atomic mass is 19.1. The van der Waals surface area contributed by atoms with Crippen LogP contribution < -0.4 is 5.32 Å². The third-order valence-electron chi connectivity index (χ3n) is 3.93. The Morgan fingerprint density at radius 2 is 2.00 bits per heavy atom. The molecule has 1 aromatic rings. The molecule has 2 rings (SSSR count). The molecule has 17 heavy (non-hydrogen) atoms. The maximum Gasteiger partial charge on any atom is 0.126 e. The number of halogens is 1. The van der Waals surface area contributed by atoms with E-state index in [4.69, 9.17) is 0 Å². The van der Waals surface area contributed by atoms with Crippen molar-refractivity contribution in [2.24, 2.45) is 5.41 Å². The lowest BCUT2D eigenvalue weighted by Gasteiger charge is -2.23. The van der Waals surface area contributed by atoms with E-state index < -0.39 is 0 Å². The first kappa shape index (κ1) is 12.6. The summed E-state index contributed by atoms with van der Waals surface area (Å²) in [6.45, 7) is 5.96. The zero-order valence-electron chi connectivity index (χ0n) is 10.9. The number of benzene rings is 1. The highest BCUT2D eigenvalue weighted by molar-refractivity contribution is 5.23. The average molecular weight is 235 g/mol. The fourth-order valence-corrected chi connectivity index (χ4v) is 2.66. The second kappa shape index (κ2) is 5.18. The van der Waals surface area contributed by atoms with E-state index in [0.29, 0.717) is 5.41 Å². The molecule has 1 saturated carbocycles. The molecule has 1 aliphatic carbocycles. The van der Waals surface area contributed by atoms with Crippen LogP contribution in [0.4, 0.5) is 4.39 Å². The van der Waals surface area contributed by atoms with E-state index in [2.05, 4.69) is 12.2 Å². The monoisotopic (exact) mass is 235 g/mol. The van der Waals surface area contributed by atoms with Crippen molar-refractivity contribution in [2.75, 3.05) is 6.54 Å². The maximum atomic E-state index is 13.4. The van der Waals surface area contributed by atoms with Gasteiger partial charge >= 0.3 is 0 Å². The van der Waals surface area contributed by atoms with E-state index >= 15 is 0 Å². The van der Waals surface area contributed by atoms with Gasteiger partial charge in [0.15, 0.2) is 0 Å². The van der Waals surface area contributed by atoms with Crippen molar-refractivity contribution in [3.05, 3.63) is 35.1 Å². The number of hydrogen-bond acceptors (Lipinski definition) is 1. The molecule has 1 nitrogen and oxygen atoms in total. The van der Waals surface area contributed by atoms with Crippen LogP contribution in [0.15, 0.2) is 18.2 Å². The van der Waals surface area contributed by atoms with Crippen molar-refractivity contribution in [3.8, 4) is 0 Å². The average Bonchev–Trinajstić information content (AvgIpc) is 2.71. The van der Waals surface area contributed by atoms with Gasteiger partial charge < -0.3 is 5.32 Å². The smallest absolute Gasteiger partial charge is 0.126 e. The molecule has 0 amide bonds. The Kier molecular flexibility index (Phi) is 3.82. The largest absolute Gasteiger partial charge is 0.312 e. The van der Waals surface area contributed by atoms with E-state index in [0.717, 1.165) is 24.2 Å². The Morgan fingerprint density at radius 3 is 2.65 bits per heavy atom. The minimum atomic E-state index is -0.101. The standard InChI is InChI=1S/C15H22FN/c1-12-5-6-13(9-14(12)16)10-17-11-15(2)7-3-4-8-15/h5-6,9,17H,3-4,7-8,10-11H2,1-2H3. The van der Waals surface area contributed by atoms with Crippen LogP contribution in [0.25, 0.3) is 0 Å². The van der Waals surface area contributed by atoms with Gasteiger partial charge in [-0.05, 0) is 42.4 Å². The lowest BCUT2D eigenvalue weighted by molar-refractivity contribution is 0.314. The lowest BCUT2D eigenvalue weighted by atomic mass is 9.89. The minimum absolute atomic E-state index is 0.101. The summed E-state index contributed by atoms with van der Waals surface area (Å²) in [5.41, 5.74) is 2.22. The second-order valence-corrected chi connectivity index (χ2v) is 5.70. The summed E-state index contributed by atoms with van der Waals surface area (Å²) in [7, 11) is 0. The molecule has 2 heteroatoms. The predicted molar refractivity (Wildman–Crippen MR) is 69.4 cm³/mol. The molecule has 0 aliphatic heterocycles. The summed E-state index contributed by atoms with van der Waals surface area (Å²) in [5.74, 6) is -0.101. The molecule has 0 bridgehead atoms. The Labute approximate surface area is 103 Å². The Bertz CT molecular complexity index is 381. The fourth-order valence-electron chi connectivity index (χ4n) is 2.66. The first-order valence-electron chi connectivity index (χ1n) is 6.55. The molecule has 1 aliphatic rings. The van der Waals surface area contributed by atoms with Crippen molar-refractivity contribution in [1.82, 2.24) is 5.32 Å². The van der Waals surface area contributed by atoms with Crippen molar-refractivity contribution in [2.45, 2.75) is 46.1 Å². The molecule has 0 spiro atoms. The van der Waals surface area contributed by atoms with Crippen LogP contribution >= 0.6 is 0 Å². The van der Waals surface area contributed by atoms with Gasteiger partial charge in [-0.2, -0.15) is 0 Å². The highest BCUT2D eigenvalue weighted by Gasteiger charge is 2.27. The second-order valence-electron chi connectivity index (χ2n) is 5.70. The summed E-state index contributed by atoms with van der Waals surface area (Å²) in [6.07, 6.45) is 5.36. The normalized spacial score (nSPS) is 18.5. The minimum Gasteiger partial charge on any atom is -0.312 e. The third-order valence-corrected chi connectivity index (χ3v) is 3.93. The molecule has 0 heterocycles. The van der Waals surface area contributed by atoms with Gasteiger partial charge in [-0.1, -0.05) is 31.9 Å².